The zero-order valence-electron chi connectivity index (χ0n) is 9.95. The van der Waals surface area contributed by atoms with Crippen LogP contribution in [0.4, 0.5) is 0 Å². The molecule has 0 aliphatic carbocycles. The van der Waals surface area contributed by atoms with Gasteiger partial charge in [0.25, 0.3) is 10.0 Å². The maximum atomic E-state index is 12.2. The van der Waals surface area contributed by atoms with Gasteiger partial charge in [-0.05, 0) is 10.9 Å². The Hall–Kier alpha value is -2.54. The van der Waals surface area contributed by atoms with E-state index in [4.69, 9.17) is 5.11 Å². The topological polar surface area (TPSA) is 107 Å². The minimum absolute atomic E-state index is 0.125. The Labute approximate surface area is 114 Å². The van der Waals surface area contributed by atoms with E-state index in [2.05, 4.69) is 0 Å². The molecule has 102 valence electrons. The molecular formula is C13H8NO5S-. The number of rotatable bonds is 1. The SMILES string of the molecule is O=C(O)C1=C([O-])c2ccc3ccccc3c2S(=O)(=O)N1. The van der Waals surface area contributed by atoms with Gasteiger partial charge in [0.05, 0.1) is 0 Å². The number of carboxylic acids is 1. The third-order valence-electron chi connectivity index (χ3n) is 3.07. The molecule has 1 heterocycles. The van der Waals surface area contributed by atoms with Crippen LogP contribution in [0.2, 0.25) is 0 Å². The number of fused-ring (bicyclic) bond motifs is 3. The van der Waals surface area contributed by atoms with Gasteiger partial charge in [-0.25, -0.2) is 13.2 Å². The summed E-state index contributed by atoms with van der Waals surface area (Å²) in [6.45, 7) is 0. The quantitative estimate of drug-likeness (QED) is 0.782. The van der Waals surface area contributed by atoms with Crippen LogP contribution in [0.3, 0.4) is 0 Å². The summed E-state index contributed by atoms with van der Waals surface area (Å²) in [5.74, 6) is -2.44. The lowest BCUT2D eigenvalue weighted by atomic mass is 10.0. The van der Waals surface area contributed by atoms with Crippen molar-refractivity contribution in [3.63, 3.8) is 0 Å². The van der Waals surface area contributed by atoms with Gasteiger partial charge in [-0.15, -0.1) is 0 Å². The molecule has 0 saturated carbocycles. The van der Waals surface area contributed by atoms with Gasteiger partial charge in [0.2, 0.25) is 0 Å². The molecule has 1 aliphatic heterocycles. The molecule has 0 radical (unpaired) electrons. The number of hydrogen-bond donors (Lipinski definition) is 2. The molecule has 0 unspecified atom stereocenters. The normalized spacial score (nSPS) is 16.6. The highest BCUT2D eigenvalue weighted by Crippen LogP contribution is 2.33. The van der Waals surface area contributed by atoms with Crippen LogP contribution in [0.15, 0.2) is 47.0 Å². The summed E-state index contributed by atoms with van der Waals surface area (Å²) < 4.78 is 26.2. The highest BCUT2D eigenvalue weighted by atomic mass is 32.2. The molecule has 3 rings (SSSR count). The number of sulfonamides is 1. The Morgan fingerprint density at radius 3 is 2.55 bits per heavy atom. The van der Waals surface area contributed by atoms with Crippen LogP contribution in [0, 0.1) is 0 Å². The second-order valence-electron chi connectivity index (χ2n) is 4.28. The lowest BCUT2D eigenvalue weighted by Crippen LogP contribution is -2.35. The Morgan fingerprint density at radius 2 is 1.85 bits per heavy atom. The monoisotopic (exact) mass is 290 g/mol. The Bertz CT molecular complexity index is 883. The van der Waals surface area contributed by atoms with Crippen molar-refractivity contribution in [1.82, 2.24) is 4.72 Å². The van der Waals surface area contributed by atoms with Gasteiger partial charge >= 0.3 is 5.97 Å². The molecule has 0 fully saturated rings. The summed E-state index contributed by atoms with van der Waals surface area (Å²) in [6.07, 6.45) is 0. The van der Waals surface area contributed by atoms with E-state index in [1.807, 2.05) is 4.72 Å². The zero-order chi connectivity index (χ0) is 14.5. The van der Waals surface area contributed by atoms with Gasteiger partial charge in [0.1, 0.15) is 10.6 Å². The average Bonchev–Trinajstić information content (AvgIpc) is 2.41. The van der Waals surface area contributed by atoms with Gasteiger partial charge in [0.15, 0.2) is 0 Å². The standard InChI is InChI=1S/C13H9NO5S/c15-11-9-6-5-7-3-1-2-4-8(7)12(9)20(18,19)14-10(11)13(16)17/h1-6,14-15H,(H,16,17)/p-1. The van der Waals surface area contributed by atoms with Crippen LogP contribution in [0.1, 0.15) is 5.56 Å². The van der Waals surface area contributed by atoms with Crippen molar-refractivity contribution in [2.45, 2.75) is 4.90 Å². The second kappa shape index (κ2) is 3.97. The van der Waals surface area contributed by atoms with E-state index in [1.165, 1.54) is 6.07 Å². The summed E-state index contributed by atoms with van der Waals surface area (Å²) in [5, 5.41) is 22.0. The third-order valence-corrected chi connectivity index (χ3v) is 4.52. The van der Waals surface area contributed by atoms with E-state index in [0.717, 1.165) is 0 Å². The first kappa shape index (κ1) is 12.5. The van der Waals surface area contributed by atoms with E-state index in [1.54, 1.807) is 30.3 Å². The maximum Gasteiger partial charge on any atom is 0.352 e. The maximum absolute atomic E-state index is 12.2. The van der Waals surface area contributed by atoms with E-state index in [9.17, 15) is 18.3 Å². The van der Waals surface area contributed by atoms with Crippen LogP contribution in [0.5, 0.6) is 0 Å². The lowest BCUT2D eigenvalue weighted by molar-refractivity contribution is -0.245. The molecular weight excluding hydrogens is 282 g/mol. The fourth-order valence-corrected chi connectivity index (χ4v) is 3.69. The fraction of sp³-hybridized carbons (Fsp3) is 0. The molecule has 2 N–H and O–H groups in total. The second-order valence-corrected chi connectivity index (χ2v) is 5.90. The van der Waals surface area contributed by atoms with Crippen molar-refractivity contribution < 1.29 is 23.4 Å². The predicted molar refractivity (Wildman–Crippen MR) is 68.8 cm³/mol. The number of hydrogen-bond acceptors (Lipinski definition) is 4. The highest BCUT2D eigenvalue weighted by Gasteiger charge is 2.30. The van der Waals surface area contributed by atoms with Crippen molar-refractivity contribution in [3.8, 4) is 0 Å². The van der Waals surface area contributed by atoms with Crippen LogP contribution in [-0.4, -0.2) is 19.5 Å². The Kier molecular flexibility index (Phi) is 2.48. The molecule has 0 saturated heterocycles. The van der Waals surface area contributed by atoms with Crippen molar-refractivity contribution in [2.24, 2.45) is 0 Å². The van der Waals surface area contributed by atoms with E-state index < -0.39 is 27.4 Å². The van der Waals surface area contributed by atoms with Crippen molar-refractivity contribution >= 4 is 32.5 Å². The minimum Gasteiger partial charge on any atom is -0.870 e. The number of nitrogens with one attached hydrogen (secondary N) is 1. The van der Waals surface area contributed by atoms with E-state index in [-0.39, 0.29) is 10.5 Å². The van der Waals surface area contributed by atoms with Crippen LogP contribution >= 0.6 is 0 Å². The van der Waals surface area contributed by atoms with Crippen molar-refractivity contribution in [3.05, 3.63) is 47.7 Å². The molecule has 7 heteroatoms. The third kappa shape index (κ3) is 1.64. The fourth-order valence-electron chi connectivity index (χ4n) is 2.22. The lowest BCUT2D eigenvalue weighted by Gasteiger charge is -2.27. The smallest absolute Gasteiger partial charge is 0.352 e. The molecule has 0 aromatic heterocycles. The first-order valence-corrected chi connectivity index (χ1v) is 7.09. The summed E-state index contributed by atoms with van der Waals surface area (Å²) in [6, 6.07) is 9.61. The average molecular weight is 290 g/mol. The number of carboxylic acid groups (broad SMARTS) is 1. The van der Waals surface area contributed by atoms with Crippen LogP contribution in [-0.2, 0) is 14.8 Å². The van der Waals surface area contributed by atoms with Gasteiger partial charge in [-0.1, -0.05) is 42.2 Å². The molecule has 1 aliphatic rings. The Balaban J connectivity index is 2.49. The molecule has 2 aromatic carbocycles. The van der Waals surface area contributed by atoms with Gasteiger partial charge in [-0.3, -0.25) is 4.72 Å². The summed E-state index contributed by atoms with van der Waals surface area (Å²) in [7, 11) is -4.08. The molecule has 0 bridgehead atoms. The summed E-state index contributed by atoms with van der Waals surface area (Å²) in [4.78, 5) is 10.8. The first-order valence-electron chi connectivity index (χ1n) is 5.61. The van der Waals surface area contributed by atoms with Gasteiger partial charge in [0, 0.05) is 5.39 Å². The van der Waals surface area contributed by atoms with Gasteiger partial charge in [-0.2, -0.15) is 0 Å². The summed E-state index contributed by atoms with van der Waals surface area (Å²) >= 11 is 0. The van der Waals surface area contributed by atoms with E-state index in [0.29, 0.717) is 10.8 Å². The molecule has 2 aromatic rings. The first-order chi connectivity index (χ1) is 9.42. The van der Waals surface area contributed by atoms with Gasteiger partial charge < -0.3 is 10.2 Å². The zero-order valence-corrected chi connectivity index (χ0v) is 10.8. The molecule has 0 amide bonds. The number of benzene rings is 2. The minimum atomic E-state index is -4.08. The molecule has 0 atom stereocenters. The van der Waals surface area contributed by atoms with Crippen LogP contribution in [0.25, 0.3) is 16.5 Å². The molecule has 6 nitrogen and oxygen atoms in total. The largest absolute Gasteiger partial charge is 0.870 e. The number of carbonyl (C=O) groups is 1. The van der Waals surface area contributed by atoms with Crippen molar-refractivity contribution in [1.29, 1.82) is 0 Å². The van der Waals surface area contributed by atoms with E-state index >= 15 is 0 Å². The highest BCUT2D eigenvalue weighted by molar-refractivity contribution is 7.90. The Morgan fingerprint density at radius 1 is 1.15 bits per heavy atom. The molecule has 0 spiro atoms. The predicted octanol–water partition coefficient (Wildman–Crippen LogP) is 0.245. The van der Waals surface area contributed by atoms with Crippen molar-refractivity contribution in [2.75, 3.05) is 0 Å². The molecule has 20 heavy (non-hydrogen) atoms. The number of aliphatic carboxylic acids is 1. The van der Waals surface area contributed by atoms with Crippen LogP contribution < -0.4 is 9.83 Å². The summed E-state index contributed by atoms with van der Waals surface area (Å²) in [5.41, 5.74) is -0.979.